The molecule has 0 spiro atoms. The van der Waals surface area contributed by atoms with Gasteiger partial charge in [0.25, 0.3) is 0 Å². The number of rotatable bonds is 8. The first-order chi connectivity index (χ1) is 14.1. The lowest BCUT2D eigenvalue weighted by atomic mass is 9.79. The lowest BCUT2D eigenvalue weighted by Gasteiger charge is -2.26. The summed E-state index contributed by atoms with van der Waals surface area (Å²) < 4.78 is 10.6. The second-order valence-corrected chi connectivity index (χ2v) is 7.52. The van der Waals surface area contributed by atoms with Gasteiger partial charge in [0, 0.05) is 24.0 Å². The fraction of sp³-hybridized carbons (Fsp3) is 0.478. The number of carbonyl (C=O) groups excluding carboxylic acids is 2. The molecule has 1 heterocycles. The van der Waals surface area contributed by atoms with Gasteiger partial charge in [-0.3, -0.25) is 9.59 Å². The summed E-state index contributed by atoms with van der Waals surface area (Å²) in [5.74, 6) is 0.972. The van der Waals surface area contributed by atoms with Crippen LogP contribution in [0.3, 0.4) is 0 Å². The normalized spacial score (nSPS) is 18.8. The highest BCUT2D eigenvalue weighted by Crippen LogP contribution is 2.31. The maximum atomic E-state index is 12.5. The van der Waals surface area contributed by atoms with Gasteiger partial charge < -0.3 is 9.47 Å². The number of benzene rings is 1. The monoisotopic (exact) mass is 396 g/mol. The lowest BCUT2D eigenvalue weighted by molar-refractivity contribution is -0.141. The zero-order chi connectivity index (χ0) is 20.6. The summed E-state index contributed by atoms with van der Waals surface area (Å²) in [5, 5.41) is 8.18. The van der Waals surface area contributed by atoms with Crippen LogP contribution in [0.5, 0.6) is 11.6 Å². The minimum Gasteiger partial charge on any atom is -0.497 e. The molecular weight excluding hydrogens is 368 g/mol. The van der Waals surface area contributed by atoms with E-state index in [4.69, 9.17) is 9.47 Å². The number of carbonyl (C=O) groups is 2. The molecule has 1 aliphatic carbocycles. The molecule has 0 bridgehead atoms. The number of Topliss-reactive ketones (excluding diaryl/α,β-unsaturated/α-hetero) is 1. The number of hydrogen-bond acceptors (Lipinski definition) is 6. The van der Waals surface area contributed by atoms with Crippen LogP contribution in [0.25, 0.3) is 11.3 Å². The fourth-order valence-electron chi connectivity index (χ4n) is 3.68. The minimum atomic E-state index is -0.282. The highest BCUT2D eigenvalue weighted by atomic mass is 16.5. The summed E-state index contributed by atoms with van der Waals surface area (Å²) in [6, 6.07) is 10.9. The average Bonchev–Trinajstić information content (AvgIpc) is 2.78. The summed E-state index contributed by atoms with van der Waals surface area (Å²) >= 11 is 0. The highest BCUT2D eigenvalue weighted by Gasteiger charge is 2.30. The molecule has 3 rings (SSSR count). The molecule has 1 aliphatic rings. The predicted octanol–water partition coefficient (Wildman–Crippen LogP) is 4.62. The van der Waals surface area contributed by atoms with Gasteiger partial charge >= 0.3 is 5.97 Å². The van der Waals surface area contributed by atoms with Crippen molar-refractivity contribution >= 4 is 11.8 Å². The molecule has 29 heavy (non-hydrogen) atoms. The lowest BCUT2D eigenvalue weighted by Crippen LogP contribution is -2.28. The average molecular weight is 396 g/mol. The molecule has 0 aliphatic heterocycles. The van der Waals surface area contributed by atoms with E-state index >= 15 is 0 Å². The van der Waals surface area contributed by atoms with Crippen LogP contribution in [-0.4, -0.2) is 29.1 Å². The first-order valence-electron chi connectivity index (χ1n) is 10.3. The Balaban J connectivity index is 1.51. The number of ketones is 1. The summed E-state index contributed by atoms with van der Waals surface area (Å²) in [6.07, 6.45) is 5.57. The highest BCUT2D eigenvalue weighted by molar-refractivity contribution is 5.81. The molecule has 1 fully saturated rings. The van der Waals surface area contributed by atoms with Gasteiger partial charge in [0.1, 0.15) is 11.5 Å². The van der Waals surface area contributed by atoms with Gasteiger partial charge in [-0.15, -0.1) is 10.2 Å². The van der Waals surface area contributed by atoms with E-state index in [1.165, 1.54) is 0 Å². The second-order valence-electron chi connectivity index (χ2n) is 7.52. The molecule has 0 unspecified atom stereocenters. The van der Waals surface area contributed by atoms with Crippen LogP contribution in [0, 0.1) is 11.8 Å². The number of unbranched alkanes of at least 4 members (excludes halogenated alkanes) is 1. The van der Waals surface area contributed by atoms with Gasteiger partial charge in [0.15, 0.2) is 0 Å². The third kappa shape index (κ3) is 5.62. The number of ether oxygens (including phenoxy) is 2. The molecule has 0 radical (unpaired) electrons. The predicted molar refractivity (Wildman–Crippen MR) is 110 cm³/mol. The SMILES string of the molecule is CCCCC(=O)C1CCC(C(=O)Oc2ccc(-c3ccc(OC)cc3)nn2)CC1. The van der Waals surface area contributed by atoms with Crippen molar-refractivity contribution in [1.29, 1.82) is 0 Å². The Kier molecular flexibility index (Phi) is 7.33. The molecule has 2 aromatic rings. The summed E-state index contributed by atoms with van der Waals surface area (Å²) in [5.41, 5.74) is 1.60. The van der Waals surface area contributed by atoms with Gasteiger partial charge in [-0.05, 0) is 62.4 Å². The molecule has 0 saturated heterocycles. The van der Waals surface area contributed by atoms with Crippen LogP contribution in [0.1, 0.15) is 51.9 Å². The van der Waals surface area contributed by atoms with Crippen molar-refractivity contribution in [1.82, 2.24) is 10.2 Å². The minimum absolute atomic E-state index is 0.106. The molecule has 1 saturated carbocycles. The Bertz CT molecular complexity index is 810. The van der Waals surface area contributed by atoms with Gasteiger partial charge in [-0.25, -0.2) is 0 Å². The molecule has 6 nitrogen and oxygen atoms in total. The van der Waals surface area contributed by atoms with Crippen molar-refractivity contribution in [2.45, 2.75) is 51.9 Å². The first-order valence-corrected chi connectivity index (χ1v) is 10.3. The van der Waals surface area contributed by atoms with Crippen molar-refractivity contribution in [2.24, 2.45) is 11.8 Å². The molecule has 0 N–H and O–H groups in total. The third-order valence-corrected chi connectivity index (χ3v) is 5.52. The quantitative estimate of drug-likeness (QED) is 0.606. The van der Waals surface area contributed by atoms with Crippen LogP contribution < -0.4 is 9.47 Å². The smallest absolute Gasteiger partial charge is 0.315 e. The van der Waals surface area contributed by atoms with Crippen molar-refractivity contribution in [3.63, 3.8) is 0 Å². The molecule has 6 heteroatoms. The number of nitrogens with zero attached hydrogens (tertiary/aromatic N) is 2. The molecule has 1 aromatic heterocycles. The Labute approximate surface area is 171 Å². The summed E-state index contributed by atoms with van der Waals surface area (Å²) in [6.45, 7) is 2.09. The number of esters is 1. The molecule has 0 atom stereocenters. The van der Waals surface area contributed by atoms with Gasteiger partial charge in [0.05, 0.1) is 18.7 Å². The van der Waals surface area contributed by atoms with Crippen LogP contribution in [0.4, 0.5) is 0 Å². The standard InChI is InChI=1S/C23H28N2O4/c1-3-4-5-21(26)17-6-8-18(9-7-17)23(27)29-22-15-14-20(24-25-22)16-10-12-19(28-2)13-11-16/h10-15,17-18H,3-9H2,1-2H3. The molecule has 0 amide bonds. The first kappa shape index (κ1) is 21.0. The van der Waals surface area contributed by atoms with Crippen molar-refractivity contribution < 1.29 is 19.1 Å². The maximum Gasteiger partial charge on any atom is 0.315 e. The Morgan fingerprint density at radius 1 is 0.966 bits per heavy atom. The third-order valence-electron chi connectivity index (χ3n) is 5.52. The van der Waals surface area contributed by atoms with E-state index in [1.807, 2.05) is 24.3 Å². The van der Waals surface area contributed by atoms with Crippen molar-refractivity contribution in [3.8, 4) is 22.9 Å². The topological polar surface area (TPSA) is 78.4 Å². The van der Waals surface area contributed by atoms with E-state index in [0.29, 0.717) is 30.7 Å². The Morgan fingerprint density at radius 3 is 2.24 bits per heavy atom. The van der Waals surface area contributed by atoms with Crippen LogP contribution in [0.2, 0.25) is 0 Å². The van der Waals surface area contributed by atoms with Crippen LogP contribution in [0.15, 0.2) is 36.4 Å². The molecular formula is C23H28N2O4. The number of hydrogen-bond donors (Lipinski definition) is 0. The zero-order valence-corrected chi connectivity index (χ0v) is 17.1. The van der Waals surface area contributed by atoms with E-state index in [1.54, 1.807) is 19.2 Å². The van der Waals surface area contributed by atoms with E-state index < -0.39 is 0 Å². The number of aromatic nitrogens is 2. The van der Waals surface area contributed by atoms with E-state index in [0.717, 1.165) is 37.0 Å². The van der Waals surface area contributed by atoms with Crippen LogP contribution >= 0.6 is 0 Å². The zero-order valence-electron chi connectivity index (χ0n) is 17.1. The Hall–Kier alpha value is -2.76. The number of methoxy groups -OCH3 is 1. The molecule has 1 aromatic carbocycles. The van der Waals surface area contributed by atoms with Gasteiger partial charge in [0.2, 0.25) is 5.88 Å². The van der Waals surface area contributed by atoms with E-state index in [9.17, 15) is 9.59 Å². The van der Waals surface area contributed by atoms with Crippen molar-refractivity contribution in [2.75, 3.05) is 7.11 Å². The van der Waals surface area contributed by atoms with Gasteiger partial charge in [-0.2, -0.15) is 0 Å². The fourth-order valence-corrected chi connectivity index (χ4v) is 3.68. The van der Waals surface area contributed by atoms with E-state index in [-0.39, 0.29) is 23.7 Å². The summed E-state index contributed by atoms with van der Waals surface area (Å²) in [4.78, 5) is 24.6. The van der Waals surface area contributed by atoms with E-state index in [2.05, 4.69) is 17.1 Å². The summed E-state index contributed by atoms with van der Waals surface area (Å²) in [7, 11) is 1.62. The maximum absolute atomic E-state index is 12.5. The van der Waals surface area contributed by atoms with Crippen LogP contribution in [-0.2, 0) is 9.59 Å². The van der Waals surface area contributed by atoms with Crippen molar-refractivity contribution in [3.05, 3.63) is 36.4 Å². The second kappa shape index (κ2) is 10.1. The largest absolute Gasteiger partial charge is 0.497 e. The van der Waals surface area contributed by atoms with Gasteiger partial charge in [-0.1, -0.05) is 13.3 Å². The Morgan fingerprint density at radius 2 is 1.66 bits per heavy atom. The molecule has 154 valence electrons.